The number of nitrogens with two attached hydrogens (primary N) is 1. The van der Waals surface area contributed by atoms with Gasteiger partial charge in [-0.2, -0.15) is 0 Å². The molecule has 3 nitrogen and oxygen atoms in total. The highest BCUT2D eigenvalue weighted by Gasteiger charge is 2.25. The molecule has 3 N–H and O–H groups in total. The van der Waals surface area contributed by atoms with Gasteiger partial charge in [-0.1, -0.05) is 30.3 Å². The fourth-order valence-electron chi connectivity index (χ4n) is 2.40. The lowest BCUT2D eigenvalue weighted by molar-refractivity contribution is 0.153. The molecule has 0 spiro atoms. The van der Waals surface area contributed by atoms with Crippen molar-refractivity contribution in [3.8, 4) is 0 Å². The van der Waals surface area contributed by atoms with Gasteiger partial charge in [0.25, 0.3) is 0 Å². The van der Waals surface area contributed by atoms with E-state index >= 15 is 0 Å². The predicted octanol–water partition coefficient (Wildman–Crippen LogP) is 1.14. The number of likely N-dealkylation sites (tertiary alicyclic amines) is 1. The number of rotatable bonds is 4. The molecule has 1 saturated heterocycles. The van der Waals surface area contributed by atoms with Gasteiger partial charge in [0.2, 0.25) is 0 Å². The van der Waals surface area contributed by atoms with E-state index in [0.29, 0.717) is 6.04 Å². The second kappa shape index (κ2) is 5.43. The number of hydrogen-bond acceptors (Lipinski definition) is 3. The van der Waals surface area contributed by atoms with E-state index in [0.717, 1.165) is 19.5 Å². The summed E-state index contributed by atoms with van der Waals surface area (Å²) < 4.78 is 0. The second-order valence-corrected chi connectivity index (χ2v) is 4.49. The van der Waals surface area contributed by atoms with E-state index in [1.165, 1.54) is 12.0 Å². The Balaban J connectivity index is 1.94. The Morgan fingerprint density at radius 3 is 2.81 bits per heavy atom. The average Bonchev–Trinajstić information content (AvgIpc) is 2.77. The van der Waals surface area contributed by atoms with Crippen LogP contribution in [0.4, 0.5) is 0 Å². The van der Waals surface area contributed by atoms with Crippen molar-refractivity contribution >= 4 is 0 Å². The van der Waals surface area contributed by atoms with E-state index < -0.39 is 0 Å². The van der Waals surface area contributed by atoms with E-state index in [1.54, 1.807) is 0 Å². The van der Waals surface area contributed by atoms with Crippen molar-refractivity contribution in [2.45, 2.75) is 24.9 Å². The minimum Gasteiger partial charge on any atom is -0.395 e. The molecule has 88 valence electrons. The zero-order valence-electron chi connectivity index (χ0n) is 9.55. The molecule has 1 aliphatic rings. The molecular formula is C13H20N2O. The number of nitrogens with zero attached hydrogens (tertiary/aromatic N) is 1. The first kappa shape index (κ1) is 11.6. The van der Waals surface area contributed by atoms with E-state index in [2.05, 4.69) is 17.0 Å². The van der Waals surface area contributed by atoms with Crippen molar-refractivity contribution in [1.29, 1.82) is 0 Å². The topological polar surface area (TPSA) is 49.5 Å². The van der Waals surface area contributed by atoms with Crippen LogP contribution in [0, 0.1) is 0 Å². The first-order valence-corrected chi connectivity index (χ1v) is 5.96. The molecule has 2 atom stereocenters. The van der Waals surface area contributed by atoms with Gasteiger partial charge in [-0.3, -0.25) is 4.90 Å². The molecule has 1 aromatic rings. The highest BCUT2D eigenvalue weighted by Crippen LogP contribution is 2.20. The summed E-state index contributed by atoms with van der Waals surface area (Å²) >= 11 is 0. The maximum atomic E-state index is 9.24. The molecule has 16 heavy (non-hydrogen) atoms. The number of aliphatic hydroxyl groups excluding tert-OH is 1. The van der Waals surface area contributed by atoms with Gasteiger partial charge in [0, 0.05) is 18.6 Å². The lowest BCUT2D eigenvalue weighted by Gasteiger charge is -2.26. The van der Waals surface area contributed by atoms with E-state index in [9.17, 15) is 5.11 Å². The van der Waals surface area contributed by atoms with Crippen LogP contribution < -0.4 is 5.73 Å². The summed E-state index contributed by atoms with van der Waals surface area (Å²) in [4.78, 5) is 2.30. The standard InChI is InChI=1S/C13H20N2O/c14-13(11-5-2-1-3-6-11)9-15-8-4-7-12(15)10-16/h1-3,5-6,12-13,16H,4,7-10,14H2/t12-,13+/m1/s1. The molecular weight excluding hydrogens is 200 g/mol. The van der Waals surface area contributed by atoms with Crippen molar-refractivity contribution in [2.75, 3.05) is 19.7 Å². The van der Waals surface area contributed by atoms with E-state index in [4.69, 9.17) is 5.73 Å². The molecule has 1 fully saturated rings. The van der Waals surface area contributed by atoms with Crippen LogP contribution >= 0.6 is 0 Å². The van der Waals surface area contributed by atoms with Crippen molar-refractivity contribution in [3.05, 3.63) is 35.9 Å². The van der Waals surface area contributed by atoms with Crippen LogP contribution in [0.5, 0.6) is 0 Å². The molecule has 1 aromatic carbocycles. The molecule has 0 amide bonds. The number of aliphatic hydroxyl groups is 1. The van der Waals surface area contributed by atoms with Gasteiger partial charge >= 0.3 is 0 Å². The molecule has 3 heteroatoms. The second-order valence-electron chi connectivity index (χ2n) is 4.49. The van der Waals surface area contributed by atoms with Crippen LogP contribution in [0.2, 0.25) is 0 Å². The molecule has 0 aromatic heterocycles. The minimum atomic E-state index is 0.0494. The third kappa shape index (κ3) is 2.61. The Hall–Kier alpha value is -0.900. The SMILES string of the molecule is N[C@@H](CN1CCC[C@@H]1CO)c1ccccc1. The first-order valence-electron chi connectivity index (χ1n) is 5.96. The highest BCUT2D eigenvalue weighted by atomic mass is 16.3. The first-order chi connectivity index (χ1) is 7.81. The van der Waals surface area contributed by atoms with Crippen LogP contribution in [0.3, 0.4) is 0 Å². The maximum absolute atomic E-state index is 9.24. The fraction of sp³-hybridized carbons (Fsp3) is 0.538. The maximum Gasteiger partial charge on any atom is 0.0586 e. The van der Waals surface area contributed by atoms with Crippen molar-refractivity contribution < 1.29 is 5.11 Å². The summed E-state index contributed by atoms with van der Waals surface area (Å²) in [5, 5.41) is 9.24. The van der Waals surface area contributed by atoms with Crippen LogP contribution in [0.25, 0.3) is 0 Å². The van der Waals surface area contributed by atoms with Crippen LogP contribution in [-0.2, 0) is 0 Å². The van der Waals surface area contributed by atoms with Gasteiger partial charge < -0.3 is 10.8 Å². The monoisotopic (exact) mass is 220 g/mol. The molecule has 2 rings (SSSR count). The Labute approximate surface area is 96.9 Å². The Morgan fingerprint density at radius 2 is 2.12 bits per heavy atom. The van der Waals surface area contributed by atoms with Gasteiger partial charge in [0.05, 0.1) is 6.61 Å². The van der Waals surface area contributed by atoms with Crippen molar-refractivity contribution in [2.24, 2.45) is 5.73 Å². The zero-order valence-corrected chi connectivity index (χ0v) is 9.55. The summed E-state index contributed by atoms with van der Waals surface area (Å²) in [7, 11) is 0. The smallest absolute Gasteiger partial charge is 0.0586 e. The summed E-state index contributed by atoms with van der Waals surface area (Å²) in [5.74, 6) is 0. The van der Waals surface area contributed by atoms with Gasteiger partial charge in [-0.15, -0.1) is 0 Å². The number of hydrogen-bond donors (Lipinski definition) is 2. The van der Waals surface area contributed by atoms with Gasteiger partial charge in [0.15, 0.2) is 0 Å². The lowest BCUT2D eigenvalue weighted by atomic mass is 10.1. The van der Waals surface area contributed by atoms with Gasteiger partial charge in [-0.25, -0.2) is 0 Å². The molecule has 0 saturated carbocycles. The Kier molecular flexibility index (Phi) is 3.93. The molecule has 1 aliphatic heterocycles. The minimum absolute atomic E-state index is 0.0494. The summed E-state index contributed by atoms with van der Waals surface area (Å²) in [6.07, 6.45) is 2.27. The molecule has 0 aliphatic carbocycles. The average molecular weight is 220 g/mol. The lowest BCUT2D eigenvalue weighted by Crippen LogP contribution is -2.37. The molecule has 0 radical (unpaired) electrons. The third-order valence-electron chi connectivity index (χ3n) is 3.37. The van der Waals surface area contributed by atoms with E-state index in [1.807, 2.05) is 18.2 Å². The summed E-state index contributed by atoms with van der Waals surface area (Å²) in [6, 6.07) is 10.5. The predicted molar refractivity (Wildman–Crippen MR) is 65.1 cm³/mol. The van der Waals surface area contributed by atoms with Gasteiger partial charge in [0.1, 0.15) is 0 Å². The normalized spacial score (nSPS) is 23.5. The largest absolute Gasteiger partial charge is 0.395 e. The van der Waals surface area contributed by atoms with Gasteiger partial charge in [-0.05, 0) is 24.9 Å². The third-order valence-corrected chi connectivity index (χ3v) is 3.37. The Bertz CT molecular complexity index is 315. The van der Waals surface area contributed by atoms with Crippen LogP contribution in [0.1, 0.15) is 24.4 Å². The fourth-order valence-corrected chi connectivity index (χ4v) is 2.40. The molecule has 1 heterocycles. The van der Waals surface area contributed by atoms with Crippen molar-refractivity contribution in [1.82, 2.24) is 4.90 Å². The Morgan fingerprint density at radius 1 is 1.38 bits per heavy atom. The van der Waals surface area contributed by atoms with Crippen LogP contribution in [0.15, 0.2) is 30.3 Å². The molecule has 0 unspecified atom stereocenters. The highest BCUT2D eigenvalue weighted by molar-refractivity contribution is 5.18. The number of benzene rings is 1. The zero-order chi connectivity index (χ0) is 11.4. The van der Waals surface area contributed by atoms with E-state index in [-0.39, 0.29) is 12.6 Å². The van der Waals surface area contributed by atoms with Crippen molar-refractivity contribution in [3.63, 3.8) is 0 Å². The molecule has 0 bridgehead atoms. The summed E-state index contributed by atoms with van der Waals surface area (Å²) in [6.45, 7) is 2.16. The van der Waals surface area contributed by atoms with Crippen LogP contribution in [-0.4, -0.2) is 35.7 Å². The quantitative estimate of drug-likeness (QED) is 0.800. The summed E-state index contributed by atoms with van der Waals surface area (Å²) in [5.41, 5.74) is 7.34.